The van der Waals surface area contributed by atoms with Gasteiger partial charge in [0.15, 0.2) is 12.4 Å². The van der Waals surface area contributed by atoms with Crippen molar-refractivity contribution < 1.29 is 22.5 Å². The molecule has 0 radical (unpaired) electrons. The molecule has 0 unspecified atom stereocenters. The fourth-order valence-corrected chi connectivity index (χ4v) is 4.11. The first kappa shape index (κ1) is 18.9. The molecule has 0 aliphatic carbocycles. The van der Waals surface area contributed by atoms with E-state index in [1.807, 2.05) is 19.1 Å². The fraction of sp³-hybridized carbons (Fsp3) is 0.211. The van der Waals surface area contributed by atoms with Gasteiger partial charge in [-0.05, 0) is 36.8 Å². The Labute approximate surface area is 167 Å². The third-order valence-electron chi connectivity index (χ3n) is 4.44. The lowest BCUT2D eigenvalue weighted by molar-refractivity contribution is -0.121. The Morgan fingerprint density at radius 3 is 2.69 bits per heavy atom. The number of carbonyl (C=O) groups is 1. The summed E-state index contributed by atoms with van der Waals surface area (Å²) in [6.07, 6.45) is 0. The molecule has 2 aromatic carbocycles. The van der Waals surface area contributed by atoms with Crippen LogP contribution in [0.2, 0.25) is 0 Å². The number of hydrogen-bond donors (Lipinski definition) is 1. The van der Waals surface area contributed by atoms with Crippen LogP contribution in [0.25, 0.3) is 0 Å². The van der Waals surface area contributed by atoms with Crippen LogP contribution in [-0.2, 0) is 21.4 Å². The Hall–Kier alpha value is -3.40. The molecule has 0 atom stereocenters. The average Bonchev–Trinajstić information content (AvgIpc) is 3.10. The summed E-state index contributed by atoms with van der Waals surface area (Å²) in [5.74, 6) is 0.760. The lowest BCUT2D eigenvalue weighted by Gasteiger charge is -2.28. The molecule has 10 heteroatoms. The largest absolute Gasteiger partial charge is 0.482 e. The van der Waals surface area contributed by atoms with E-state index in [4.69, 9.17) is 9.26 Å². The first-order valence-electron chi connectivity index (χ1n) is 8.78. The van der Waals surface area contributed by atoms with Gasteiger partial charge in [0.1, 0.15) is 5.75 Å². The lowest BCUT2D eigenvalue weighted by atomic mass is 10.2. The van der Waals surface area contributed by atoms with Crippen molar-refractivity contribution in [2.75, 3.05) is 16.2 Å². The molecule has 1 aliphatic heterocycles. The van der Waals surface area contributed by atoms with E-state index in [0.29, 0.717) is 28.8 Å². The summed E-state index contributed by atoms with van der Waals surface area (Å²) in [5.41, 5.74) is 1.61. The van der Waals surface area contributed by atoms with Gasteiger partial charge in [0.25, 0.3) is 15.9 Å². The second-order valence-corrected chi connectivity index (χ2v) is 8.23. The van der Waals surface area contributed by atoms with Crippen molar-refractivity contribution in [3.63, 3.8) is 0 Å². The molecule has 150 valence electrons. The predicted molar refractivity (Wildman–Crippen MR) is 104 cm³/mol. The molecule has 0 bridgehead atoms. The van der Waals surface area contributed by atoms with Gasteiger partial charge in [0.05, 0.1) is 22.8 Å². The van der Waals surface area contributed by atoms with Crippen molar-refractivity contribution in [1.29, 1.82) is 0 Å². The monoisotopic (exact) mass is 414 g/mol. The van der Waals surface area contributed by atoms with Gasteiger partial charge in [0.2, 0.25) is 5.89 Å². The van der Waals surface area contributed by atoms with Gasteiger partial charge in [-0.25, -0.2) is 8.42 Å². The van der Waals surface area contributed by atoms with Crippen LogP contribution >= 0.6 is 0 Å². The van der Waals surface area contributed by atoms with Crippen molar-refractivity contribution in [3.8, 4) is 5.75 Å². The van der Waals surface area contributed by atoms with E-state index >= 15 is 0 Å². The Morgan fingerprint density at radius 1 is 1.17 bits per heavy atom. The van der Waals surface area contributed by atoms with Crippen molar-refractivity contribution in [2.45, 2.75) is 25.3 Å². The SMILES string of the molecule is Cc1nc(CN2C(=O)COc3ccc(S(=O)(=O)Nc4ccccc4C)cc32)no1. The maximum atomic E-state index is 12.9. The zero-order chi connectivity index (χ0) is 20.6. The number of nitrogens with zero attached hydrogens (tertiary/aromatic N) is 3. The van der Waals surface area contributed by atoms with E-state index in [0.717, 1.165) is 5.56 Å². The second-order valence-electron chi connectivity index (χ2n) is 6.55. The number of nitrogens with one attached hydrogen (secondary N) is 1. The molecule has 1 amide bonds. The van der Waals surface area contributed by atoms with Crippen LogP contribution in [0, 0.1) is 13.8 Å². The van der Waals surface area contributed by atoms with E-state index in [9.17, 15) is 13.2 Å². The first-order valence-corrected chi connectivity index (χ1v) is 10.3. The minimum atomic E-state index is -3.87. The molecule has 3 aromatic rings. The van der Waals surface area contributed by atoms with E-state index in [-0.39, 0.29) is 24.0 Å². The lowest BCUT2D eigenvalue weighted by Crippen LogP contribution is -2.38. The summed E-state index contributed by atoms with van der Waals surface area (Å²) in [4.78, 5) is 17.9. The Bertz CT molecular complexity index is 1190. The third-order valence-corrected chi connectivity index (χ3v) is 5.81. The highest BCUT2D eigenvalue weighted by Gasteiger charge is 2.29. The summed E-state index contributed by atoms with van der Waals surface area (Å²) < 4.78 is 38.8. The maximum Gasteiger partial charge on any atom is 0.265 e. The van der Waals surface area contributed by atoms with Crippen LogP contribution < -0.4 is 14.4 Å². The number of rotatable bonds is 5. The first-order chi connectivity index (χ1) is 13.8. The van der Waals surface area contributed by atoms with Crippen LogP contribution in [-0.4, -0.2) is 31.1 Å². The summed E-state index contributed by atoms with van der Waals surface area (Å²) in [5, 5.41) is 3.80. The van der Waals surface area contributed by atoms with Crippen LogP contribution in [0.5, 0.6) is 5.75 Å². The second kappa shape index (κ2) is 7.21. The molecule has 1 aromatic heterocycles. The van der Waals surface area contributed by atoms with Crippen LogP contribution in [0.15, 0.2) is 51.9 Å². The van der Waals surface area contributed by atoms with Crippen molar-refractivity contribution in [1.82, 2.24) is 10.1 Å². The van der Waals surface area contributed by atoms with Crippen molar-refractivity contribution in [2.24, 2.45) is 0 Å². The molecule has 2 heterocycles. The highest BCUT2D eigenvalue weighted by atomic mass is 32.2. The number of benzene rings is 2. The summed E-state index contributed by atoms with van der Waals surface area (Å²) in [6.45, 7) is 3.35. The number of anilines is 2. The smallest absolute Gasteiger partial charge is 0.265 e. The highest BCUT2D eigenvalue weighted by molar-refractivity contribution is 7.92. The zero-order valence-corrected chi connectivity index (χ0v) is 16.6. The zero-order valence-electron chi connectivity index (χ0n) is 15.7. The summed E-state index contributed by atoms with van der Waals surface area (Å²) in [7, 11) is -3.87. The predicted octanol–water partition coefficient (Wildman–Crippen LogP) is 2.41. The van der Waals surface area contributed by atoms with E-state index in [1.54, 1.807) is 19.1 Å². The number of ether oxygens (including phenoxy) is 1. The molecule has 29 heavy (non-hydrogen) atoms. The number of para-hydroxylation sites is 1. The normalized spacial score (nSPS) is 13.7. The van der Waals surface area contributed by atoms with Gasteiger partial charge in [-0.1, -0.05) is 23.4 Å². The van der Waals surface area contributed by atoms with Crippen molar-refractivity contribution >= 4 is 27.3 Å². The minimum Gasteiger partial charge on any atom is -0.482 e. The van der Waals surface area contributed by atoms with Crippen LogP contribution in [0.3, 0.4) is 0 Å². The molecule has 1 aliphatic rings. The number of hydrogen-bond acceptors (Lipinski definition) is 7. The number of amides is 1. The molecule has 1 N–H and O–H groups in total. The number of aryl methyl sites for hydroxylation is 2. The molecule has 0 saturated heterocycles. The van der Waals surface area contributed by atoms with E-state index < -0.39 is 10.0 Å². The van der Waals surface area contributed by atoms with Crippen LogP contribution in [0.4, 0.5) is 11.4 Å². The average molecular weight is 414 g/mol. The van der Waals surface area contributed by atoms with Gasteiger partial charge >= 0.3 is 0 Å². The third kappa shape index (κ3) is 3.79. The fourth-order valence-electron chi connectivity index (χ4n) is 2.96. The van der Waals surface area contributed by atoms with E-state index in [2.05, 4.69) is 14.9 Å². The Morgan fingerprint density at radius 2 is 1.97 bits per heavy atom. The standard InChI is InChI=1S/C19H18N4O5S/c1-12-5-3-4-6-15(12)22-29(25,26)14-7-8-17-16(9-14)23(19(24)11-27-17)10-18-20-13(2)28-21-18/h3-9,22H,10-11H2,1-2H3. The summed E-state index contributed by atoms with van der Waals surface area (Å²) >= 11 is 0. The van der Waals surface area contributed by atoms with Gasteiger partial charge in [0, 0.05) is 6.92 Å². The quantitative estimate of drug-likeness (QED) is 0.682. The van der Waals surface area contributed by atoms with E-state index in [1.165, 1.54) is 23.1 Å². The minimum absolute atomic E-state index is 0.00657. The molecule has 0 saturated carbocycles. The van der Waals surface area contributed by atoms with Gasteiger partial charge in [-0.15, -0.1) is 0 Å². The van der Waals surface area contributed by atoms with Gasteiger partial charge in [-0.3, -0.25) is 14.4 Å². The van der Waals surface area contributed by atoms with Gasteiger partial charge in [-0.2, -0.15) is 4.98 Å². The van der Waals surface area contributed by atoms with Crippen LogP contribution in [0.1, 0.15) is 17.3 Å². The highest BCUT2D eigenvalue weighted by Crippen LogP contribution is 2.35. The maximum absolute atomic E-state index is 12.9. The van der Waals surface area contributed by atoms with Crippen molar-refractivity contribution in [3.05, 3.63) is 59.7 Å². The Kier molecular flexibility index (Phi) is 4.71. The number of carbonyl (C=O) groups excluding carboxylic acids is 1. The molecule has 9 nitrogen and oxygen atoms in total. The summed E-state index contributed by atoms with van der Waals surface area (Å²) in [6, 6.07) is 11.4. The number of sulfonamides is 1. The molecule has 4 rings (SSSR count). The van der Waals surface area contributed by atoms with Gasteiger partial charge < -0.3 is 9.26 Å². The molecule has 0 fully saturated rings. The molecular weight excluding hydrogens is 396 g/mol. The topological polar surface area (TPSA) is 115 Å². The number of fused-ring (bicyclic) bond motifs is 1. The molecular formula is C19H18N4O5S. The number of aromatic nitrogens is 2. The molecule has 0 spiro atoms. The Balaban J connectivity index is 1.69.